The van der Waals surface area contributed by atoms with E-state index in [-0.39, 0.29) is 23.0 Å². The number of rotatable bonds is 11. The highest BCUT2D eigenvalue weighted by Crippen LogP contribution is 2.40. The zero-order chi connectivity index (χ0) is 22.1. The van der Waals surface area contributed by atoms with Crippen LogP contribution in [-0.4, -0.2) is 39.8 Å². The molecule has 0 fully saturated rings. The van der Waals surface area contributed by atoms with Gasteiger partial charge >= 0.3 is 6.61 Å². The van der Waals surface area contributed by atoms with Gasteiger partial charge in [0.05, 0.1) is 33.0 Å². The maximum atomic E-state index is 12.8. The molecule has 2 aromatic carbocycles. The summed E-state index contributed by atoms with van der Waals surface area (Å²) in [5, 5.41) is 0. The summed E-state index contributed by atoms with van der Waals surface area (Å²) in [5.41, 5.74) is 0.841. The molecule has 0 atom stereocenters. The molecule has 0 heterocycles. The fourth-order valence-corrected chi connectivity index (χ4v) is 2.70. The van der Waals surface area contributed by atoms with Crippen molar-refractivity contribution in [3.63, 3.8) is 0 Å². The monoisotopic (exact) mass is 422 g/mol. The molecule has 8 heteroatoms. The highest BCUT2D eigenvalue weighted by Gasteiger charge is 2.18. The molecular formula is C22H24F2O6. The van der Waals surface area contributed by atoms with Crippen LogP contribution in [0.2, 0.25) is 0 Å². The second-order valence-corrected chi connectivity index (χ2v) is 5.85. The number of carbonyl (C=O) groups is 1. The molecule has 0 saturated carbocycles. The van der Waals surface area contributed by atoms with E-state index in [9.17, 15) is 13.6 Å². The fraction of sp³-hybridized carbons (Fsp3) is 0.318. The fourth-order valence-electron chi connectivity index (χ4n) is 2.70. The van der Waals surface area contributed by atoms with E-state index >= 15 is 0 Å². The molecule has 0 amide bonds. The Balaban J connectivity index is 2.37. The molecule has 0 aliphatic heterocycles. The second kappa shape index (κ2) is 11.0. The van der Waals surface area contributed by atoms with Gasteiger partial charge in [0.15, 0.2) is 17.3 Å². The van der Waals surface area contributed by atoms with Crippen molar-refractivity contribution in [3.8, 4) is 28.7 Å². The maximum absolute atomic E-state index is 12.8. The number of ether oxygens (including phenoxy) is 5. The summed E-state index contributed by atoms with van der Waals surface area (Å²) in [5.74, 6) is 0.554. The normalized spacial score (nSPS) is 10.9. The summed E-state index contributed by atoms with van der Waals surface area (Å²) >= 11 is 0. The van der Waals surface area contributed by atoms with E-state index in [0.717, 1.165) is 0 Å². The van der Waals surface area contributed by atoms with Gasteiger partial charge < -0.3 is 23.7 Å². The minimum Gasteiger partial charge on any atom is -0.494 e. The number of allylic oxidation sites excluding steroid dienone is 1. The van der Waals surface area contributed by atoms with Crippen molar-refractivity contribution in [2.45, 2.75) is 20.5 Å². The van der Waals surface area contributed by atoms with Crippen LogP contribution >= 0.6 is 0 Å². The SMILES string of the molecule is CCOc1ccc(OCC)c(C(=O)/C=C/c2cc(OC)c(OC(F)F)c(OC)c2)c1. The average molecular weight is 422 g/mol. The number of methoxy groups -OCH3 is 2. The molecule has 0 aliphatic rings. The van der Waals surface area contributed by atoms with E-state index in [1.165, 1.54) is 38.5 Å². The first-order valence-electron chi connectivity index (χ1n) is 9.26. The predicted molar refractivity (Wildman–Crippen MR) is 108 cm³/mol. The molecule has 2 aromatic rings. The maximum Gasteiger partial charge on any atom is 0.387 e. The van der Waals surface area contributed by atoms with Gasteiger partial charge in [-0.15, -0.1) is 0 Å². The minimum atomic E-state index is -3.04. The van der Waals surface area contributed by atoms with Crippen molar-refractivity contribution >= 4 is 11.9 Å². The molecule has 0 aromatic heterocycles. The van der Waals surface area contributed by atoms with Gasteiger partial charge in [0, 0.05) is 0 Å². The lowest BCUT2D eigenvalue weighted by Crippen LogP contribution is -2.05. The number of ketones is 1. The average Bonchev–Trinajstić information content (AvgIpc) is 2.73. The largest absolute Gasteiger partial charge is 0.494 e. The first kappa shape index (κ1) is 23.0. The van der Waals surface area contributed by atoms with Crippen LogP contribution in [0.3, 0.4) is 0 Å². The molecule has 0 saturated heterocycles. The van der Waals surface area contributed by atoms with Crippen LogP contribution in [0.15, 0.2) is 36.4 Å². The van der Waals surface area contributed by atoms with E-state index in [4.69, 9.17) is 18.9 Å². The summed E-state index contributed by atoms with van der Waals surface area (Å²) in [6.07, 6.45) is 2.86. The van der Waals surface area contributed by atoms with Crippen molar-refractivity contribution in [2.24, 2.45) is 0 Å². The van der Waals surface area contributed by atoms with Crippen LogP contribution in [0.25, 0.3) is 6.08 Å². The van der Waals surface area contributed by atoms with Crippen molar-refractivity contribution < 1.29 is 37.3 Å². The third kappa shape index (κ3) is 5.85. The Bertz CT molecular complexity index is 870. The number of hydrogen-bond acceptors (Lipinski definition) is 6. The minimum absolute atomic E-state index is 0.0510. The highest BCUT2D eigenvalue weighted by atomic mass is 19.3. The van der Waals surface area contributed by atoms with Crippen molar-refractivity contribution in [3.05, 3.63) is 47.5 Å². The van der Waals surface area contributed by atoms with Crippen molar-refractivity contribution in [2.75, 3.05) is 27.4 Å². The van der Waals surface area contributed by atoms with Crippen LogP contribution < -0.4 is 23.7 Å². The molecule has 0 unspecified atom stereocenters. The number of benzene rings is 2. The summed E-state index contributed by atoms with van der Waals surface area (Å²) in [6, 6.07) is 7.95. The molecule has 0 bridgehead atoms. The van der Waals surface area contributed by atoms with Crippen LogP contribution in [0.1, 0.15) is 29.8 Å². The van der Waals surface area contributed by atoms with Crippen LogP contribution in [0.5, 0.6) is 28.7 Å². The number of halogens is 2. The Morgan fingerprint density at radius 2 is 1.60 bits per heavy atom. The molecule has 0 aliphatic carbocycles. The van der Waals surface area contributed by atoms with E-state index < -0.39 is 6.61 Å². The Morgan fingerprint density at radius 3 is 2.13 bits per heavy atom. The van der Waals surface area contributed by atoms with Gasteiger partial charge in [0.2, 0.25) is 5.75 Å². The van der Waals surface area contributed by atoms with Crippen LogP contribution in [-0.2, 0) is 0 Å². The third-order valence-electron chi connectivity index (χ3n) is 3.94. The van der Waals surface area contributed by atoms with Crippen LogP contribution in [0, 0.1) is 0 Å². The van der Waals surface area contributed by atoms with E-state index in [0.29, 0.717) is 35.8 Å². The second-order valence-electron chi connectivity index (χ2n) is 5.85. The third-order valence-corrected chi connectivity index (χ3v) is 3.94. The quantitative estimate of drug-likeness (QED) is 0.375. The van der Waals surface area contributed by atoms with Gasteiger partial charge in [-0.05, 0) is 55.8 Å². The topological polar surface area (TPSA) is 63.2 Å². The lowest BCUT2D eigenvalue weighted by Gasteiger charge is -2.14. The van der Waals surface area contributed by atoms with Crippen LogP contribution in [0.4, 0.5) is 8.78 Å². The van der Waals surface area contributed by atoms with Crippen molar-refractivity contribution in [1.82, 2.24) is 0 Å². The standard InChI is InChI=1S/C22H24F2O6/c1-5-28-15-8-10-18(29-6-2)16(13-15)17(25)9-7-14-11-19(26-3)21(30-22(23)24)20(12-14)27-4/h7-13,22H,5-6H2,1-4H3/b9-7+. The number of alkyl halides is 2. The van der Waals surface area contributed by atoms with E-state index in [1.807, 2.05) is 13.8 Å². The van der Waals surface area contributed by atoms with Gasteiger partial charge in [0.25, 0.3) is 0 Å². The molecule has 30 heavy (non-hydrogen) atoms. The smallest absolute Gasteiger partial charge is 0.387 e. The summed E-state index contributed by atoms with van der Waals surface area (Å²) < 4.78 is 51.1. The van der Waals surface area contributed by atoms with Gasteiger partial charge in [-0.3, -0.25) is 4.79 Å². The Kier molecular flexibility index (Phi) is 8.46. The van der Waals surface area contributed by atoms with Gasteiger partial charge in [0.1, 0.15) is 11.5 Å². The summed E-state index contributed by atoms with van der Waals surface area (Å²) in [7, 11) is 2.64. The first-order valence-corrected chi connectivity index (χ1v) is 9.26. The lowest BCUT2D eigenvalue weighted by atomic mass is 10.1. The molecule has 6 nitrogen and oxygen atoms in total. The Hall–Kier alpha value is -3.29. The number of carbonyl (C=O) groups excluding carboxylic acids is 1. The molecule has 0 spiro atoms. The zero-order valence-electron chi connectivity index (χ0n) is 17.2. The Morgan fingerprint density at radius 1 is 0.967 bits per heavy atom. The number of hydrogen-bond donors (Lipinski definition) is 0. The zero-order valence-corrected chi connectivity index (χ0v) is 17.2. The van der Waals surface area contributed by atoms with E-state index in [2.05, 4.69) is 4.74 Å². The Labute approximate surface area is 174 Å². The molecule has 2 rings (SSSR count). The molecule has 162 valence electrons. The summed E-state index contributed by atoms with van der Waals surface area (Å²) in [6.45, 7) is 1.50. The van der Waals surface area contributed by atoms with Gasteiger partial charge in [-0.2, -0.15) is 8.78 Å². The lowest BCUT2D eigenvalue weighted by molar-refractivity contribution is -0.0526. The van der Waals surface area contributed by atoms with Gasteiger partial charge in [-0.25, -0.2) is 0 Å². The molecule has 0 N–H and O–H groups in total. The van der Waals surface area contributed by atoms with Crippen molar-refractivity contribution in [1.29, 1.82) is 0 Å². The first-order chi connectivity index (χ1) is 14.4. The van der Waals surface area contributed by atoms with Gasteiger partial charge in [-0.1, -0.05) is 6.08 Å². The highest BCUT2D eigenvalue weighted by molar-refractivity contribution is 6.09. The molecular weight excluding hydrogens is 398 g/mol. The molecule has 0 radical (unpaired) electrons. The van der Waals surface area contributed by atoms with E-state index in [1.54, 1.807) is 18.2 Å². The summed E-state index contributed by atoms with van der Waals surface area (Å²) in [4.78, 5) is 12.8. The predicted octanol–water partition coefficient (Wildman–Crippen LogP) is 5.00.